The zero-order chi connectivity index (χ0) is 13.7. The molecule has 92 valence electrons. The number of hydrogen-bond acceptors (Lipinski definition) is 4. The zero-order valence-corrected chi connectivity index (χ0v) is 10.6. The highest BCUT2D eigenvalue weighted by Crippen LogP contribution is 2.23. The standard InChI is InChI=1S/C14H9ClN4/c15-12-4-3-10(7-16)6-13(12)19-9-11-2-1-5-18-14(11)8-17/h1-6,19H,9H2. The van der Waals surface area contributed by atoms with Gasteiger partial charge in [0.15, 0.2) is 0 Å². The Kier molecular flexibility index (Phi) is 3.97. The molecular weight excluding hydrogens is 260 g/mol. The maximum absolute atomic E-state index is 8.94. The highest BCUT2D eigenvalue weighted by atomic mass is 35.5. The summed E-state index contributed by atoms with van der Waals surface area (Å²) >= 11 is 6.04. The monoisotopic (exact) mass is 268 g/mol. The molecule has 0 bridgehead atoms. The van der Waals surface area contributed by atoms with Crippen molar-refractivity contribution in [3.63, 3.8) is 0 Å². The van der Waals surface area contributed by atoms with Gasteiger partial charge in [-0.1, -0.05) is 17.7 Å². The summed E-state index contributed by atoms with van der Waals surface area (Å²) in [4.78, 5) is 3.98. The molecule has 0 saturated heterocycles. The average molecular weight is 269 g/mol. The Morgan fingerprint density at radius 1 is 1.21 bits per heavy atom. The van der Waals surface area contributed by atoms with Crippen LogP contribution in [0.25, 0.3) is 0 Å². The normalized spacial score (nSPS) is 9.42. The lowest BCUT2D eigenvalue weighted by molar-refractivity contribution is 1.09. The minimum absolute atomic E-state index is 0.377. The van der Waals surface area contributed by atoms with Crippen LogP contribution in [0.3, 0.4) is 0 Å². The number of rotatable bonds is 3. The summed E-state index contributed by atoms with van der Waals surface area (Å²) in [5, 5.41) is 21.4. The first-order valence-electron chi connectivity index (χ1n) is 5.52. The number of nitrogens with one attached hydrogen (secondary N) is 1. The van der Waals surface area contributed by atoms with Crippen molar-refractivity contribution in [2.24, 2.45) is 0 Å². The first kappa shape index (κ1) is 12.9. The fourth-order valence-corrected chi connectivity index (χ4v) is 1.79. The van der Waals surface area contributed by atoms with Crippen LogP contribution in [0.5, 0.6) is 0 Å². The highest BCUT2D eigenvalue weighted by molar-refractivity contribution is 6.33. The van der Waals surface area contributed by atoms with Crippen LogP contribution in [-0.2, 0) is 6.54 Å². The van der Waals surface area contributed by atoms with Gasteiger partial charge in [-0.2, -0.15) is 10.5 Å². The van der Waals surface area contributed by atoms with Gasteiger partial charge in [-0.05, 0) is 24.3 Å². The molecule has 1 aromatic carbocycles. The van der Waals surface area contributed by atoms with Gasteiger partial charge in [0.25, 0.3) is 0 Å². The molecule has 19 heavy (non-hydrogen) atoms. The number of anilines is 1. The Hall–Kier alpha value is -2.56. The molecule has 1 N–H and O–H groups in total. The molecule has 4 nitrogen and oxygen atoms in total. The maximum Gasteiger partial charge on any atom is 0.145 e. The summed E-state index contributed by atoms with van der Waals surface area (Å²) in [5.41, 5.74) is 2.35. The third kappa shape index (κ3) is 3.01. The molecule has 2 aromatic rings. The van der Waals surface area contributed by atoms with E-state index in [1.165, 1.54) is 0 Å². The second-order valence-corrected chi connectivity index (χ2v) is 4.19. The SMILES string of the molecule is N#Cc1ccc(Cl)c(NCc2cccnc2C#N)c1. The van der Waals surface area contributed by atoms with Gasteiger partial charge >= 0.3 is 0 Å². The molecule has 0 fully saturated rings. The third-order valence-corrected chi connectivity index (χ3v) is 2.89. The molecule has 0 atom stereocenters. The van der Waals surface area contributed by atoms with Gasteiger partial charge in [-0.3, -0.25) is 0 Å². The molecule has 1 heterocycles. The first-order chi connectivity index (χ1) is 9.24. The Morgan fingerprint density at radius 2 is 2.05 bits per heavy atom. The van der Waals surface area contributed by atoms with Crippen molar-refractivity contribution in [1.29, 1.82) is 10.5 Å². The van der Waals surface area contributed by atoms with Crippen LogP contribution in [0.15, 0.2) is 36.5 Å². The first-order valence-corrected chi connectivity index (χ1v) is 5.90. The largest absolute Gasteiger partial charge is 0.380 e. The van der Waals surface area contributed by atoms with Gasteiger partial charge in [0, 0.05) is 18.3 Å². The minimum Gasteiger partial charge on any atom is -0.380 e. The summed E-state index contributed by atoms with van der Waals surface area (Å²) < 4.78 is 0. The average Bonchev–Trinajstić information content (AvgIpc) is 2.46. The third-order valence-electron chi connectivity index (χ3n) is 2.56. The van der Waals surface area contributed by atoms with Crippen LogP contribution >= 0.6 is 11.6 Å². The molecule has 1 aromatic heterocycles. The summed E-state index contributed by atoms with van der Waals surface area (Å²) in [7, 11) is 0. The van der Waals surface area contributed by atoms with Gasteiger partial charge in [0.2, 0.25) is 0 Å². The van der Waals surface area contributed by atoms with Gasteiger partial charge in [-0.15, -0.1) is 0 Å². The minimum atomic E-state index is 0.377. The van der Waals surface area contributed by atoms with Gasteiger partial charge < -0.3 is 5.32 Å². The maximum atomic E-state index is 8.94. The second-order valence-electron chi connectivity index (χ2n) is 3.78. The van der Waals surface area contributed by atoms with E-state index in [1.807, 2.05) is 12.1 Å². The fourth-order valence-electron chi connectivity index (χ4n) is 1.60. The molecule has 0 unspecified atom stereocenters. The predicted molar refractivity (Wildman–Crippen MR) is 72.4 cm³/mol. The number of hydrogen-bond donors (Lipinski definition) is 1. The molecule has 0 aliphatic heterocycles. The van der Waals surface area contributed by atoms with Crippen LogP contribution in [0.2, 0.25) is 5.02 Å². The molecule has 0 radical (unpaired) electrons. The topological polar surface area (TPSA) is 72.5 Å². The van der Waals surface area contributed by atoms with Crippen molar-refractivity contribution in [3.05, 3.63) is 58.4 Å². The van der Waals surface area contributed by atoms with Crippen molar-refractivity contribution < 1.29 is 0 Å². The molecule has 2 rings (SSSR count). The molecule has 0 aliphatic carbocycles. The number of nitrogens with zero attached hydrogens (tertiary/aromatic N) is 3. The molecule has 5 heteroatoms. The quantitative estimate of drug-likeness (QED) is 0.928. The van der Waals surface area contributed by atoms with E-state index in [2.05, 4.69) is 16.4 Å². The second kappa shape index (κ2) is 5.86. The van der Waals surface area contributed by atoms with E-state index in [0.29, 0.717) is 28.5 Å². The summed E-state index contributed by atoms with van der Waals surface area (Å²) in [6.45, 7) is 0.422. The molecule has 0 aliphatic rings. The van der Waals surface area contributed by atoms with E-state index in [-0.39, 0.29) is 0 Å². The Morgan fingerprint density at radius 3 is 2.79 bits per heavy atom. The van der Waals surface area contributed by atoms with Gasteiger partial charge in [0.05, 0.1) is 22.3 Å². The van der Waals surface area contributed by atoms with E-state index in [0.717, 1.165) is 5.56 Å². The van der Waals surface area contributed by atoms with Gasteiger partial charge in [-0.25, -0.2) is 4.98 Å². The van der Waals surface area contributed by atoms with Crippen LogP contribution in [0, 0.1) is 22.7 Å². The fraction of sp³-hybridized carbons (Fsp3) is 0.0714. The Labute approximate surface area is 115 Å². The summed E-state index contributed by atoms with van der Waals surface area (Å²) in [5.74, 6) is 0. The van der Waals surface area contributed by atoms with Crippen LogP contribution < -0.4 is 5.32 Å². The van der Waals surface area contributed by atoms with E-state index in [4.69, 9.17) is 22.1 Å². The Balaban J connectivity index is 2.20. The molecule has 0 amide bonds. The van der Waals surface area contributed by atoms with E-state index < -0.39 is 0 Å². The van der Waals surface area contributed by atoms with E-state index >= 15 is 0 Å². The van der Waals surface area contributed by atoms with E-state index in [1.54, 1.807) is 30.5 Å². The number of halogens is 1. The lowest BCUT2D eigenvalue weighted by atomic mass is 10.2. The number of benzene rings is 1. The predicted octanol–water partition coefficient (Wildman–Crippen LogP) is 3.09. The number of aromatic nitrogens is 1. The smallest absolute Gasteiger partial charge is 0.145 e. The van der Waals surface area contributed by atoms with Crippen LogP contribution in [0.4, 0.5) is 5.69 Å². The molecule has 0 saturated carbocycles. The molecule has 0 spiro atoms. The number of nitriles is 2. The van der Waals surface area contributed by atoms with Crippen LogP contribution in [0.1, 0.15) is 16.8 Å². The number of pyridine rings is 1. The lowest BCUT2D eigenvalue weighted by Gasteiger charge is -2.09. The highest BCUT2D eigenvalue weighted by Gasteiger charge is 2.05. The van der Waals surface area contributed by atoms with E-state index in [9.17, 15) is 0 Å². The van der Waals surface area contributed by atoms with Crippen molar-refractivity contribution >= 4 is 17.3 Å². The lowest BCUT2D eigenvalue weighted by Crippen LogP contribution is -2.03. The van der Waals surface area contributed by atoms with Gasteiger partial charge in [0.1, 0.15) is 11.8 Å². The van der Waals surface area contributed by atoms with Crippen molar-refractivity contribution in [2.75, 3.05) is 5.32 Å². The van der Waals surface area contributed by atoms with Crippen molar-refractivity contribution in [1.82, 2.24) is 4.98 Å². The summed E-state index contributed by atoms with van der Waals surface area (Å²) in [6, 6.07) is 12.7. The summed E-state index contributed by atoms with van der Waals surface area (Å²) in [6.07, 6.45) is 1.57. The van der Waals surface area contributed by atoms with Crippen LogP contribution in [-0.4, -0.2) is 4.98 Å². The molecular formula is C14H9ClN4. The van der Waals surface area contributed by atoms with Crippen molar-refractivity contribution in [3.8, 4) is 12.1 Å². The van der Waals surface area contributed by atoms with Crippen molar-refractivity contribution in [2.45, 2.75) is 6.54 Å². The zero-order valence-electron chi connectivity index (χ0n) is 9.89. The Bertz CT molecular complexity index is 683.